The fourth-order valence-electron chi connectivity index (χ4n) is 2.99. The predicted molar refractivity (Wildman–Crippen MR) is 91.5 cm³/mol. The van der Waals surface area contributed by atoms with Gasteiger partial charge < -0.3 is 14.2 Å². The normalized spacial score (nSPS) is 17.7. The quantitative estimate of drug-likeness (QED) is 0.784. The van der Waals surface area contributed by atoms with E-state index in [4.69, 9.17) is 14.2 Å². The van der Waals surface area contributed by atoms with Crippen LogP contribution in [0.5, 0.6) is 5.75 Å². The molecule has 1 fully saturated rings. The van der Waals surface area contributed by atoms with Crippen molar-refractivity contribution in [1.82, 2.24) is 0 Å². The molecule has 0 N–H and O–H groups in total. The Bertz CT molecular complexity index is 693. The molecule has 1 atom stereocenters. The Kier molecular flexibility index (Phi) is 5.48. The molecule has 3 rings (SSSR count). The highest BCUT2D eigenvalue weighted by Crippen LogP contribution is 2.30. The van der Waals surface area contributed by atoms with Gasteiger partial charge in [-0.2, -0.15) is 0 Å². The van der Waals surface area contributed by atoms with Gasteiger partial charge in [-0.05, 0) is 61.1 Å². The first-order valence-electron chi connectivity index (χ1n) is 8.34. The lowest BCUT2D eigenvalue weighted by Gasteiger charge is -2.22. The van der Waals surface area contributed by atoms with E-state index in [9.17, 15) is 4.39 Å². The van der Waals surface area contributed by atoms with Crippen LogP contribution < -0.4 is 4.74 Å². The first-order valence-corrected chi connectivity index (χ1v) is 8.34. The third kappa shape index (κ3) is 3.94. The second kappa shape index (κ2) is 7.77. The minimum Gasteiger partial charge on any atom is -0.497 e. The van der Waals surface area contributed by atoms with Crippen molar-refractivity contribution in [2.45, 2.75) is 39.1 Å². The molecule has 1 aliphatic rings. The zero-order valence-corrected chi connectivity index (χ0v) is 14.2. The van der Waals surface area contributed by atoms with Crippen LogP contribution in [-0.4, -0.2) is 20.0 Å². The van der Waals surface area contributed by atoms with Gasteiger partial charge in [0.1, 0.15) is 11.6 Å². The SMILES string of the molecule is COc1ccc(F)c(-c2ccc(COC3CCCCO3)cc2C)c1. The van der Waals surface area contributed by atoms with Gasteiger partial charge >= 0.3 is 0 Å². The zero-order chi connectivity index (χ0) is 16.9. The van der Waals surface area contributed by atoms with Gasteiger partial charge in [-0.25, -0.2) is 4.39 Å². The molecule has 3 nitrogen and oxygen atoms in total. The molecule has 1 unspecified atom stereocenters. The molecule has 0 radical (unpaired) electrons. The lowest BCUT2D eigenvalue weighted by molar-refractivity contribution is -0.168. The second-order valence-electron chi connectivity index (χ2n) is 6.10. The van der Waals surface area contributed by atoms with Crippen LogP contribution in [0.15, 0.2) is 36.4 Å². The average molecular weight is 330 g/mol. The van der Waals surface area contributed by atoms with Gasteiger partial charge in [0.2, 0.25) is 0 Å². The van der Waals surface area contributed by atoms with Gasteiger partial charge in [-0.1, -0.05) is 18.2 Å². The molecule has 4 heteroatoms. The van der Waals surface area contributed by atoms with Gasteiger partial charge in [-0.15, -0.1) is 0 Å². The minimum absolute atomic E-state index is 0.102. The van der Waals surface area contributed by atoms with E-state index in [-0.39, 0.29) is 12.1 Å². The fourth-order valence-corrected chi connectivity index (χ4v) is 2.99. The highest BCUT2D eigenvalue weighted by atomic mass is 19.1. The van der Waals surface area contributed by atoms with Gasteiger partial charge in [0, 0.05) is 12.2 Å². The van der Waals surface area contributed by atoms with Crippen molar-refractivity contribution >= 4 is 0 Å². The summed E-state index contributed by atoms with van der Waals surface area (Å²) in [7, 11) is 1.58. The second-order valence-corrected chi connectivity index (χ2v) is 6.10. The van der Waals surface area contributed by atoms with Gasteiger partial charge in [-0.3, -0.25) is 0 Å². The molecule has 128 valence electrons. The summed E-state index contributed by atoms with van der Waals surface area (Å²) in [4.78, 5) is 0. The Labute approximate surface area is 142 Å². The third-order valence-electron chi connectivity index (χ3n) is 4.33. The molecule has 0 aromatic heterocycles. The number of methoxy groups -OCH3 is 1. The fraction of sp³-hybridized carbons (Fsp3) is 0.400. The highest BCUT2D eigenvalue weighted by molar-refractivity contribution is 5.69. The summed E-state index contributed by atoms with van der Waals surface area (Å²) in [6.07, 6.45) is 3.11. The number of ether oxygens (including phenoxy) is 3. The number of hydrogen-bond acceptors (Lipinski definition) is 3. The van der Waals surface area contributed by atoms with Gasteiger partial charge in [0.05, 0.1) is 13.7 Å². The number of aryl methyl sites for hydroxylation is 1. The van der Waals surface area contributed by atoms with Crippen molar-refractivity contribution < 1.29 is 18.6 Å². The van der Waals surface area contributed by atoms with Crippen LogP contribution in [0, 0.1) is 12.7 Å². The Morgan fingerprint density at radius 3 is 2.71 bits per heavy atom. The van der Waals surface area contributed by atoms with E-state index in [0.29, 0.717) is 17.9 Å². The first-order chi connectivity index (χ1) is 11.7. The van der Waals surface area contributed by atoms with Crippen molar-refractivity contribution in [2.75, 3.05) is 13.7 Å². The summed E-state index contributed by atoms with van der Waals surface area (Å²) in [5.74, 6) is 0.395. The van der Waals surface area contributed by atoms with E-state index >= 15 is 0 Å². The predicted octanol–water partition coefficient (Wildman–Crippen LogP) is 4.85. The summed E-state index contributed by atoms with van der Waals surface area (Å²) in [6, 6.07) is 10.7. The number of halogens is 1. The number of hydrogen-bond donors (Lipinski definition) is 0. The van der Waals surface area contributed by atoms with E-state index in [1.54, 1.807) is 19.2 Å². The Hall–Kier alpha value is -1.91. The number of benzene rings is 2. The lowest BCUT2D eigenvalue weighted by atomic mass is 9.98. The molecule has 0 spiro atoms. The Morgan fingerprint density at radius 1 is 1.12 bits per heavy atom. The van der Waals surface area contributed by atoms with Crippen molar-refractivity contribution in [3.05, 3.63) is 53.3 Å². The molecule has 1 saturated heterocycles. The number of rotatable bonds is 5. The molecule has 1 heterocycles. The third-order valence-corrected chi connectivity index (χ3v) is 4.33. The monoisotopic (exact) mass is 330 g/mol. The van der Waals surface area contributed by atoms with Crippen LogP contribution in [0.4, 0.5) is 4.39 Å². The smallest absolute Gasteiger partial charge is 0.158 e. The van der Waals surface area contributed by atoms with Crippen molar-refractivity contribution in [2.24, 2.45) is 0 Å². The van der Waals surface area contributed by atoms with Crippen LogP contribution >= 0.6 is 0 Å². The molecule has 2 aromatic rings. The van der Waals surface area contributed by atoms with Crippen molar-refractivity contribution in [1.29, 1.82) is 0 Å². The van der Waals surface area contributed by atoms with Crippen molar-refractivity contribution in [3.8, 4) is 16.9 Å². The molecule has 0 amide bonds. The minimum atomic E-state index is -0.251. The van der Waals surface area contributed by atoms with Gasteiger partial charge in [0.25, 0.3) is 0 Å². The summed E-state index contributed by atoms with van der Waals surface area (Å²) in [5.41, 5.74) is 3.49. The highest BCUT2D eigenvalue weighted by Gasteiger charge is 2.15. The summed E-state index contributed by atoms with van der Waals surface area (Å²) >= 11 is 0. The maximum atomic E-state index is 14.2. The zero-order valence-electron chi connectivity index (χ0n) is 14.2. The molecule has 0 bridgehead atoms. The molecule has 0 aliphatic carbocycles. The topological polar surface area (TPSA) is 27.7 Å². The maximum absolute atomic E-state index is 14.2. The van der Waals surface area contributed by atoms with E-state index in [1.165, 1.54) is 6.07 Å². The standard InChI is InChI=1S/C20H23FO3/c1-14-11-15(13-24-20-5-3-4-10-23-20)6-8-17(14)18-12-16(22-2)7-9-19(18)21/h6-9,11-12,20H,3-5,10,13H2,1-2H3. The van der Waals surface area contributed by atoms with E-state index < -0.39 is 0 Å². The van der Waals surface area contributed by atoms with Gasteiger partial charge in [0.15, 0.2) is 6.29 Å². The van der Waals surface area contributed by atoms with Crippen LogP contribution in [0.25, 0.3) is 11.1 Å². The maximum Gasteiger partial charge on any atom is 0.158 e. The molecule has 24 heavy (non-hydrogen) atoms. The Morgan fingerprint density at radius 2 is 2.00 bits per heavy atom. The van der Waals surface area contributed by atoms with Crippen LogP contribution in [0.1, 0.15) is 30.4 Å². The molecular weight excluding hydrogens is 307 g/mol. The summed E-state index contributed by atoms with van der Waals surface area (Å²) in [5, 5.41) is 0. The van der Waals surface area contributed by atoms with E-state index in [2.05, 4.69) is 0 Å². The summed E-state index contributed by atoms with van der Waals surface area (Å²) < 4.78 is 30.8. The largest absolute Gasteiger partial charge is 0.497 e. The first kappa shape index (κ1) is 16.9. The van der Waals surface area contributed by atoms with E-state index in [0.717, 1.165) is 42.6 Å². The Balaban J connectivity index is 1.75. The van der Waals surface area contributed by atoms with Crippen LogP contribution in [-0.2, 0) is 16.1 Å². The molecule has 0 saturated carbocycles. The van der Waals surface area contributed by atoms with Crippen LogP contribution in [0.2, 0.25) is 0 Å². The average Bonchev–Trinajstić information content (AvgIpc) is 2.62. The lowest BCUT2D eigenvalue weighted by Crippen LogP contribution is -2.22. The summed E-state index contributed by atoms with van der Waals surface area (Å²) in [6.45, 7) is 3.26. The molecule has 1 aliphatic heterocycles. The van der Waals surface area contributed by atoms with Crippen molar-refractivity contribution in [3.63, 3.8) is 0 Å². The molecular formula is C20H23FO3. The van der Waals surface area contributed by atoms with E-state index in [1.807, 2.05) is 25.1 Å². The van der Waals surface area contributed by atoms with Crippen LogP contribution in [0.3, 0.4) is 0 Å². The molecule has 2 aromatic carbocycles.